The Morgan fingerprint density at radius 1 is 1.21 bits per heavy atom. The maximum atomic E-state index is 14.3. The fraction of sp³-hybridized carbons (Fsp3) is 0.435. The van der Waals surface area contributed by atoms with Gasteiger partial charge >= 0.3 is 0 Å². The molecule has 0 bridgehead atoms. The number of carbonyl (C=O) groups excluding carboxylic acids is 1. The molecule has 33 heavy (non-hydrogen) atoms. The Morgan fingerprint density at radius 2 is 1.97 bits per heavy atom. The average Bonchev–Trinajstić information content (AvgIpc) is 3.32. The van der Waals surface area contributed by atoms with Gasteiger partial charge in [0.05, 0.1) is 24.7 Å². The number of nitrogens with one attached hydrogen (secondary N) is 1. The minimum atomic E-state index is -3.12. The van der Waals surface area contributed by atoms with Crippen molar-refractivity contribution in [1.82, 2.24) is 10.2 Å². The van der Waals surface area contributed by atoms with Crippen molar-refractivity contribution in [3.8, 4) is 5.75 Å². The van der Waals surface area contributed by atoms with E-state index in [4.69, 9.17) is 4.74 Å². The summed E-state index contributed by atoms with van der Waals surface area (Å²) in [5.41, 5.74) is 0.313. The Bertz CT molecular complexity index is 1110. The lowest BCUT2D eigenvalue weighted by Crippen LogP contribution is -2.47. The second-order valence-corrected chi connectivity index (χ2v) is 12.0. The van der Waals surface area contributed by atoms with Crippen LogP contribution in [0.2, 0.25) is 0 Å². The highest BCUT2D eigenvalue weighted by Crippen LogP contribution is 2.35. The highest BCUT2D eigenvalue weighted by atomic mass is 32.2. The normalized spacial score (nSPS) is 24.6. The molecule has 2 aromatic rings. The van der Waals surface area contributed by atoms with Crippen molar-refractivity contribution in [3.05, 3.63) is 59.7 Å². The van der Waals surface area contributed by atoms with Gasteiger partial charge in [-0.2, -0.15) is 0 Å². The summed E-state index contributed by atoms with van der Waals surface area (Å²) >= 11 is 1.63. The molecule has 2 heterocycles. The van der Waals surface area contributed by atoms with E-state index in [-0.39, 0.29) is 29.2 Å². The molecular weight excluding hydrogens is 470 g/mol. The number of benzene rings is 2. The molecule has 2 aliphatic rings. The molecule has 178 valence electrons. The minimum absolute atomic E-state index is 0.0535. The van der Waals surface area contributed by atoms with E-state index >= 15 is 0 Å². The monoisotopic (exact) mass is 496 g/mol. The number of sulfone groups is 1. The van der Waals surface area contributed by atoms with Gasteiger partial charge in [-0.25, -0.2) is 17.2 Å². The van der Waals surface area contributed by atoms with Crippen molar-refractivity contribution in [2.75, 3.05) is 25.2 Å². The molecule has 4 rings (SSSR count). The zero-order chi connectivity index (χ0) is 23.6. The van der Waals surface area contributed by atoms with Crippen molar-refractivity contribution in [3.63, 3.8) is 0 Å². The van der Waals surface area contributed by atoms with Gasteiger partial charge in [-0.05, 0) is 43.2 Å². The van der Waals surface area contributed by atoms with E-state index in [2.05, 4.69) is 5.32 Å². The predicted octanol–water partition coefficient (Wildman–Crippen LogP) is 3.01. The Morgan fingerprint density at radius 3 is 2.61 bits per heavy atom. The van der Waals surface area contributed by atoms with E-state index in [1.807, 2.05) is 29.2 Å². The molecule has 2 fully saturated rings. The van der Waals surface area contributed by atoms with Crippen LogP contribution in [-0.2, 0) is 21.2 Å². The van der Waals surface area contributed by atoms with Gasteiger partial charge in [0.1, 0.15) is 17.4 Å². The molecule has 10 heteroatoms. The van der Waals surface area contributed by atoms with Gasteiger partial charge in [0, 0.05) is 40.9 Å². The fourth-order valence-corrected chi connectivity index (χ4v) is 7.21. The third-order valence-electron chi connectivity index (χ3n) is 6.00. The zero-order valence-corrected chi connectivity index (χ0v) is 19.8. The van der Waals surface area contributed by atoms with E-state index in [1.165, 1.54) is 12.1 Å². The number of likely N-dealkylation sites (tertiary alicyclic amines) is 1. The summed E-state index contributed by atoms with van der Waals surface area (Å²) in [6.07, 6.45) is 0.933. The maximum Gasteiger partial charge on any atom is 0.237 e. The van der Waals surface area contributed by atoms with Gasteiger partial charge in [-0.1, -0.05) is 6.07 Å². The molecular formula is C23H26F2N2O4S2. The number of rotatable bonds is 7. The number of hydrogen-bond donors (Lipinski definition) is 1. The van der Waals surface area contributed by atoms with Crippen LogP contribution in [0.3, 0.4) is 0 Å². The molecule has 0 aromatic heterocycles. The van der Waals surface area contributed by atoms with Crippen LogP contribution in [0.5, 0.6) is 5.75 Å². The van der Waals surface area contributed by atoms with Crippen LogP contribution >= 0.6 is 11.8 Å². The number of hydrogen-bond acceptors (Lipinski definition) is 6. The first-order valence-electron chi connectivity index (χ1n) is 10.7. The Labute approximate surface area is 196 Å². The van der Waals surface area contributed by atoms with Crippen LogP contribution in [0, 0.1) is 11.6 Å². The lowest BCUT2D eigenvalue weighted by Gasteiger charge is -2.25. The fourth-order valence-electron chi connectivity index (χ4n) is 4.32. The van der Waals surface area contributed by atoms with Crippen LogP contribution in [0.15, 0.2) is 47.4 Å². The quantitative estimate of drug-likeness (QED) is 0.635. The first-order chi connectivity index (χ1) is 15.7. The summed E-state index contributed by atoms with van der Waals surface area (Å²) in [5, 5.41) is 2.95. The van der Waals surface area contributed by atoms with Crippen LogP contribution in [0.25, 0.3) is 0 Å². The third-order valence-corrected chi connectivity index (χ3v) is 8.98. The summed E-state index contributed by atoms with van der Waals surface area (Å²) in [6, 6.07) is 10.1. The summed E-state index contributed by atoms with van der Waals surface area (Å²) in [6.45, 7) is 0.696. The van der Waals surface area contributed by atoms with Crippen molar-refractivity contribution >= 4 is 27.5 Å². The number of thioether (sulfide) groups is 1. The summed E-state index contributed by atoms with van der Waals surface area (Å²) in [7, 11) is -1.52. The van der Waals surface area contributed by atoms with E-state index < -0.39 is 33.6 Å². The second kappa shape index (κ2) is 9.99. The van der Waals surface area contributed by atoms with Crippen molar-refractivity contribution in [2.45, 2.75) is 41.6 Å². The molecule has 2 aromatic carbocycles. The number of carbonyl (C=O) groups is 1. The summed E-state index contributed by atoms with van der Waals surface area (Å²) in [4.78, 5) is 16.0. The maximum absolute atomic E-state index is 14.3. The zero-order valence-electron chi connectivity index (χ0n) is 18.2. The minimum Gasteiger partial charge on any atom is -0.497 e. The SMILES string of the molecule is COc1ccc(S[C@@H]2C[C@@H](C(=O)N[C@H]3CCS(=O)(=O)C3)N(Cc3ccc(F)cc3F)C2)cc1. The molecule has 0 spiro atoms. The highest BCUT2D eigenvalue weighted by molar-refractivity contribution is 8.00. The molecule has 2 saturated heterocycles. The van der Waals surface area contributed by atoms with Crippen molar-refractivity contribution < 1.29 is 26.7 Å². The lowest BCUT2D eigenvalue weighted by atomic mass is 10.1. The molecule has 0 unspecified atom stereocenters. The van der Waals surface area contributed by atoms with Gasteiger partial charge in [-0.3, -0.25) is 9.69 Å². The van der Waals surface area contributed by atoms with Gasteiger partial charge < -0.3 is 10.1 Å². The number of methoxy groups -OCH3 is 1. The van der Waals surface area contributed by atoms with Crippen molar-refractivity contribution in [2.24, 2.45) is 0 Å². The first-order valence-corrected chi connectivity index (χ1v) is 13.4. The first kappa shape index (κ1) is 24.0. The number of halogens is 2. The van der Waals surface area contributed by atoms with Gasteiger partial charge in [0.2, 0.25) is 5.91 Å². The molecule has 0 saturated carbocycles. The Balaban J connectivity index is 1.49. The van der Waals surface area contributed by atoms with E-state index in [0.717, 1.165) is 16.7 Å². The summed E-state index contributed by atoms with van der Waals surface area (Å²) < 4.78 is 56.4. The van der Waals surface area contributed by atoms with Gasteiger partial charge in [-0.15, -0.1) is 11.8 Å². The molecule has 1 amide bonds. The topological polar surface area (TPSA) is 75.7 Å². The molecule has 1 N–H and O–H groups in total. The van der Waals surface area contributed by atoms with Gasteiger partial charge in [0.15, 0.2) is 9.84 Å². The highest BCUT2D eigenvalue weighted by Gasteiger charge is 2.39. The Hall–Kier alpha value is -2.17. The van der Waals surface area contributed by atoms with Crippen LogP contribution in [0.4, 0.5) is 8.78 Å². The largest absolute Gasteiger partial charge is 0.497 e. The smallest absolute Gasteiger partial charge is 0.237 e. The molecule has 2 aliphatic heterocycles. The van der Waals surface area contributed by atoms with Crippen LogP contribution in [0.1, 0.15) is 18.4 Å². The number of nitrogens with zero attached hydrogens (tertiary/aromatic N) is 1. The summed E-state index contributed by atoms with van der Waals surface area (Å²) in [5.74, 6) is -0.782. The lowest BCUT2D eigenvalue weighted by molar-refractivity contribution is -0.126. The molecule has 0 aliphatic carbocycles. The standard InChI is InChI=1S/C23H26F2N2O4S2/c1-31-18-4-6-19(7-5-18)32-20-11-22(23(28)26-17-8-9-33(29,30)14-17)27(13-20)12-15-2-3-16(24)10-21(15)25/h2-7,10,17,20,22H,8-9,11-14H2,1H3,(H,26,28)/t17-,20+,22-/m0/s1. The van der Waals surface area contributed by atoms with Crippen LogP contribution in [-0.4, -0.2) is 61.7 Å². The average molecular weight is 497 g/mol. The van der Waals surface area contributed by atoms with E-state index in [1.54, 1.807) is 18.9 Å². The molecule has 3 atom stereocenters. The molecule has 0 radical (unpaired) electrons. The number of amides is 1. The van der Waals surface area contributed by atoms with E-state index in [0.29, 0.717) is 24.9 Å². The molecule has 6 nitrogen and oxygen atoms in total. The van der Waals surface area contributed by atoms with Crippen molar-refractivity contribution in [1.29, 1.82) is 0 Å². The third kappa shape index (κ3) is 6.04. The predicted molar refractivity (Wildman–Crippen MR) is 123 cm³/mol. The van der Waals surface area contributed by atoms with Gasteiger partial charge in [0.25, 0.3) is 0 Å². The van der Waals surface area contributed by atoms with E-state index in [9.17, 15) is 22.0 Å². The number of ether oxygens (including phenoxy) is 1. The Kier molecular flexibility index (Phi) is 7.25. The second-order valence-electron chi connectivity index (χ2n) is 8.44. The van der Waals surface area contributed by atoms with Crippen LogP contribution < -0.4 is 10.1 Å².